The van der Waals surface area contributed by atoms with Crippen LogP contribution in [-0.4, -0.2) is 17.8 Å². The number of nitrogens with one attached hydrogen (secondary N) is 1. The maximum Gasteiger partial charge on any atom is 0.252 e. The van der Waals surface area contributed by atoms with E-state index in [2.05, 4.69) is 5.32 Å². The molecular weight excluding hydrogens is 257 g/mol. The summed E-state index contributed by atoms with van der Waals surface area (Å²) in [6, 6.07) is 5.44. The first-order valence-corrected chi connectivity index (χ1v) is 6.58. The average Bonchev–Trinajstić information content (AvgIpc) is 3.13. The van der Waals surface area contributed by atoms with E-state index in [1.165, 1.54) is 12.8 Å². The minimum Gasteiger partial charge on any atom is -0.350 e. The van der Waals surface area contributed by atoms with Crippen molar-refractivity contribution >= 4 is 29.1 Å². The lowest BCUT2D eigenvalue weighted by molar-refractivity contribution is 0.0953. The van der Waals surface area contributed by atoms with E-state index in [1.54, 1.807) is 6.07 Å². The molecular formula is C13H15Cl2NO. The Balaban J connectivity index is 1.96. The van der Waals surface area contributed by atoms with Crippen molar-refractivity contribution in [2.45, 2.75) is 25.1 Å². The summed E-state index contributed by atoms with van der Waals surface area (Å²) >= 11 is 12.2. The maximum absolute atomic E-state index is 11.9. The van der Waals surface area contributed by atoms with Gasteiger partial charge in [0.05, 0.1) is 16.0 Å². The highest BCUT2D eigenvalue weighted by Crippen LogP contribution is 2.35. The summed E-state index contributed by atoms with van der Waals surface area (Å²) in [6.45, 7) is 2.39. The van der Waals surface area contributed by atoms with Gasteiger partial charge < -0.3 is 5.32 Å². The second-order valence-corrected chi connectivity index (χ2v) is 5.44. The van der Waals surface area contributed by atoms with Crippen LogP contribution in [0.1, 0.15) is 28.8 Å². The average molecular weight is 272 g/mol. The third-order valence-corrected chi connectivity index (χ3v) is 4.04. The van der Waals surface area contributed by atoms with Crippen molar-refractivity contribution in [3.05, 3.63) is 34.3 Å². The zero-order valence-corrected chi connectivity index (χ0v) is 11.2. The highest BCUT2D eigenvalue weighted by molar-refractivity contribution is 6.34. The van der Waals surface area contributed by atoms with Crippen molar-refractivity contribution in [1.29, 1.82) is 0 Å². The molecule has 1 fully saturated rings. The van der Waals surface area contributed by atoms with Crippen molar-refractivity contribution in [1.82, 2.24) is 5.32 Å². The van der Waals surface area contributed by atoms with Crippen molar-refractivity contribution in [3.8, 4) is 0 Å². The van der Waals surface area contributed by atoms with Crippen LogP contribution in [-0.2, 0) is 0 Å². The van der Waals surface area contributed by atoms with E-state index in [1.807, 2.05) is 19.1 Å². The van der Waals surface area contributed by atoms with Gasteiger partial charge in [-0.15, -0.1) is 11.6 Å². The number of halogens is 2. The fourth-order valence-corrected chi connectivity index (χ4v) is 2.27. The molecule has 4 heteroatoms. The number of benzene rings is 1. The van der Waals surface area contributed by atoms with Gasteiger partial charge in [-0.05, 0) is 37.3 Å². The molecule has 1 unspecified atom stereocenters. The van der Waals surface area contributed by atoms with E-state index in [9.17, 15) is 4.79 Å². The first kappa shape index (κ1) is 12.7. The topological polar surface area (TPSA) is 29.1 Å². The van der Waals surface area contributed by atoms with Gasteiger partial charge in [0.1, 0.15) is 0 Å². The van der Waals surface area contributed by atoms with Gasteiger partial charge in [0.25, 0.3) is 5.91 Å². The van der Waals surface area contributed by atoms with Gasteiger partial charge in [0, 0.05) is 6.54 Å². The fourth-order valence-electron chi connectivity index (χ4n) is 1.73. The molecule has 92 valence electrons. The molecule has 1 N–H and O–H groups in total. The summed E-state index contributed by atoms with van der Waals surface area (Å²) in [4.78, 5) is 11.9. The minimum atomic E-state index is -0.148. The van der Waals surface area contributed by atoms with E-state index >= 15 is 0 Å². The van der Waals surface area contributed by atoms with Crippen LogP contribution in [0, 0.1) is 12.8 Å². The van der Waals surface area contributed by atoms with Gasteiger partial charge in [-0.1, -0.05) is 23.7 Å². The van der Waals surface area contributed by atoms with Gasteiger partial charge in [-0.25, -0.2) is 0 Å². The summed E-state index contributed by atoms with van der Waals surface area (Å²) in [6.07, 6.45) is 2.35. The molecule has 1 aromatic carbocycles. The van der Waals surface area contributed by atoms with E-state index in [0.29, 0.717) is 23.0 Å². The third-order valence-electron chi connectivity index (χ3n) is 3.03. The molecule has 1 aliphatic rings. The van der Waals surface area contributed by atoms with Crippen molar-refractivity contribution < 1.29 is 4.79 Å². The Morgan fingerprint density at radius 1 is 1.53 bits per heavy atom. The second-order valence-electron chi connectivity index (χ2n) is 4.50. The summed E-state index contributed by atoms with van der Waals surface area (Å²) in [5.74, 6) is 0.426. The molecule has 0 radical (unpaired) electrons. The van der Waals surface area contributed by atoms with Crippen LogP contribution >= 0.6 is 23.2 Å². The van der Waals surface area contributed by atoms with Crippen LogP contribution in [0.4, 0.5) is 0 Å². The molecule has 1 aliphatic carbocycles. The number of aryl methyl sites for hydroxylation is 1. The van der Waals surface area contributed by atoms with Crippen LogP contribution in [0.3, 0.4) is 0 Å². The normalized spacial score (nSPS) is 16.6. The molecule has 1 saturated carbocycles. The number of hydrogen-bond acceptors (Lipinski definition) is 1. The number of carbonyl (C=O) groups excluding carboxylic acids is 1. The molecule has 0 bridgehead atoms. The lowest BCUT2D eigenvalue weighted by Crippen LogP contribution is -2.30. The lowest BCUT2D eigenvalue weighted by Gasteiger charge is -2.11. The standard InChI is InChI=1S/C13H15Cl2NO/c1-8-3-2-4-10(12(8)15)13(17)16-7-11(14)9-5-6-9/h2-4,9,11H,5-7H2,1H3,(H,16,17). The van der Waals surface area contributed by atoms with E-state index in [0.717, 1.165) is 5.56 Å². The summed E-state index contributed by atoms with van der Waals surface area (Å²) < 4.78 is 0. The zero-order chi connectivity index (χ0) is 12.4. The van der Waals surface area contributed by atoms with Gasteiger partial charge in [-0.3, -0.25) is 4.79 Å². The number of carbonyl (C=O) groups is 1. The van der Waals surface area contributed by atoms with Crippen molar-refractivity contribution in [2.75, 3.05) is 6.54 Å². The molecule has 0 saturated heterocycles. The van der Waals surface area contributed by atoms with Gasteiger partial charge in [0.2, 0.25) is 0 Å². The van der Waals surface area contributed by atoms with Gasteiger partial charge in [0.15, 0.2) is 0 Å². The van der Waals surface area contributed by atoms with Crippen molar-refractivity contribution in [3.63, 3.8) is 0 Å². The third kappa shape index (κ3) is 3.14. The molecule has 0 aliphatic heterocycles. The van der Waals surface area contributed by atoms with Crippen LogP contribution < -0.4 is 5.32 Å². The fraction of sp³-hybridized carbons (Fsp3) is 0.462. The van der Waals surface area contributed by atoms with Crippen LogP contribution in [0.2, 0.25) is 5.02 Å². The SMILES string of the molecule is Cc1cccc(C(=O)NCC(Cl)C2CC2)c1Cl. The highest BCUT2D eigenvalue weighted by Gasteiger charge is 2.29. The molecule has 0 heterocycles. The number of alkyl halides is 1. The first-order chi connectivity index (χ1) is 8.09. The number of rotatable bonds is 4. The molecule has 1 aromatic rings. The number of amides is 1. The molecule has 0 spiro atoms. The zero-order valence-electron chi connectivity index (χ0n) is 9.67. The largest absolute Gasteiger partial charge is 0.350 e. The summed E-state index contributed by atoms with van der Waals surface area (Å²) in [5.41, 5.74) is 1.43. The molecule has 2 nitrogen and oxygen atoms in total. The Kier molecular flexibility index (Phi) is 3.95. The predicted molar refractivity (Wildman–Crippen MR) is 70.9 cm³/mol. The van der Waals surface area contributed by atoms with E-state index in [-0.39, 0.29) is 11.3 Å². The lowest BCUT2D eigenvalue weighted by atomic mass is 10.1. The van der Waals surface area contributed by atoms with Crippen LogP contribution in [0.5, 0.6) is 0 Å². The quantitative estimate of drug-likeness (QED) is 0.836. The maximum atomic E-state index is 11.9. The molecule has 17 heavy (non-hydrogen) atoms. The summed E-state index contributed by atoms with van der Waals surface area (Å²) in [5, 5.41) is 3.39. The van der Waals surface area contributed by atoms with E-state index < -0.39 is 0 Å². The van der Waals surface area contributed by atoms with E-state index in [4.69, 9.17) is 23.2 Å². The van der Waals surface area contributed by atoms with Gasteiger partial charge >= 0.3 is 0 Å². The Hall–Kier alpha value is -0.730. The van der Waals surface area contributed by atoms with Crippen LogP contribution in [0.25, 0.3) is 0 Å². The van der Waals surface area contributed by atoms with Gasteiger partial charge in [-0.2, -0.15) is 0 Å². The molecule has 1 atom stereocenters. The predicted octanol–water partition coefficient (Wildman–Crippen LogP) is 3.40. The minimum absolute atomic E-state index is 0.0440. The highest BCUT2D eigenvalue weighted by atomic mass is 35.5. The Bertz CT molecular complexity index is 429. The monoisotopic (exact) mass is 271 g/mol. The Morgan fingerprint density at radius 3 is 2.88 bits per heavy atom. The van der Waals surface area contributed by atoms with Crippen molar-refractivity contribution in [2.24, 2.45) is 5.92 Å². The second kappa shape index (κ2) is 5.28. The molecule has 2 rings (SSSR count). The Labute approximate surface area is 111 Å². The number of hydrogen-bond donors (Lipinski definition) is 1. The Morgan fingerprint density at radius 2 is 2.24 bits per heavy atom. The summed E-state index contributed by atoms with van der Waals surface area (Å²) in [7, 11) is 0. The van der Waals surface area contributed by atoms with Crippen LogP contribution in [0.15, 0.2) is 18.2 Å². The smallest absolute Gasteiger partial charge is 0.252 e. The molecule has 0 aromatic heterocycles. The first-order valence-electron chi connectivity index (χ1n) is 5.77. The molecule has 1 amide bonds.